The van der Waals surface area contributed by atoms with Gasteiger partial charge >= 0.3 is 0 Å². The molecule has 13 heavy (non-hydrogen) atoms. The van der Waals surface area contributed by atoms with Crippen molar-refractivity contribution in [1.82, 2.24) is 14.6 Å². The molecule has 0 aromatic carbocycles. The molecule has 0 bridgehead atoms. The monoisotopic (exact) mass is 215 g/mol. The SMILES string of the molecule is CCc1c(Cl)nc2ccnn2c1Cl. The van der Waals surface area contributed by atoms with Gasteiger partial charge in [-0.2, -0.15) is 5.10 Å². The van der Waals surface area contributed by atoms with Crippen molar-refractivity contribution < 1.29 is 0 Å². The van der Waals surface area contributed by atoms with Crippen LogP contribution in [-0.2, 0) is 6.42 Å². The molecule has 0 N–H and O–H groups in total. The van der Waals surface area contributed by atoms with Crippen LogP contribution in [-0.4, -0.2) is 14.6 Å². The van der Waals surface area contributed by atoms with Crippen molar-refractivity contribution >= 4 is 28.8 Å². The Kier molecular flexibility index (Phi) is 2.14. The van der Waals surface area contributed by atoms with E-state index in [1.54, 1.807) is 16.8 Å². The van der Waals surface area contributed by atoms with Crippen molar-refractivity contribution in [1.29, 1.82) is 0 Å². The fourth-order valence-corrected chi connectivity index (χ4v) is 1.92. The average Bonchev–Trinajstić information content (AvgIpc) is 2.53. The van der Waals surface area contributed by atoms with E-state index in [0.29, 0.717) is 16.0 Å². The predicted molar refractivity (Wildman–Crippen MR) is 52.4 cm³/mol. The minimum atomic E-state index is 0.459. The molecule has 5 heteroatoms. The van der Waals surface area contributed by atoms with Crippen LogP contribution in [0.2, 0.25) is 10.3 Å². The highest BCUT2D eigenvalue weighted by Gasteiger charge is 2.10. The van der Waals surface area contributed by atoms with E-state index in [1.165, 1.54) is 0 Å². The van der Waals surface area contributed by atoms with Crippen LogP contribution >= 0.6 is 23.2 Å². The summed E-state index contributed by atoms with van der Waals surface area (Å²) in [6, 6.07) is 1.76. The first kappa shape index (κ1) is 8.78. The number of hydrogen-bond donors (Lipinski definition) is 0. The van der Waals surface area contributed by atoms with E-state index in [4.69, 9.17) is 23.2 Å². The largest absolute Gasteiger partial charge is 0.216 e. The Balaban J connectivity index is 2.85. The molecule has 0 aliphatic heterocycles. The number of hydrogen-bond acceptors (Lipinski definition) is 2. The van der Waals surface area contributed by atoms with Crippen LogP contribution in [0.1, 0.15) is 12.5 Å². The summed E-state index contributed by atoms with van der Waals surface area (Å²) < 4.78 is 1.58. The first-order valence-electron chi connectivity index (χ1n) is 3.91. The Morgan fingerprint density at radius 3 is 2.92 bits per heavy atom. The first-order valence-corrected chi connectivity index (χ1v) is 4.67. The molecule has 2 heterocycles. The molecule has 3 nitrogen and oxygen atoms in total. The van der Waals surface area contributed by atoms with Gasteiger partial charge in [-0.15, -0.1) is 0 Å². The molecular weight excluding hydrogens is 209 g/mol. The highest BCUT2D eigenvalue weighted by molar-refractivity contribution is 6.34. The smallest absolute Gasteiger partial charge is 0.158 e. The third-order valence-corrected chi connectivity index (χ3v) is 2.57. The second kappa shape index (κ2) is 3.16. The Morgan fingerprint density at radius 2 is 2.23 bits per heavy atom. The molecule has 0 spiro atoms. The molecule has 68 valence electrons. The highest BCUT2D eigenvalue weighted by atomic mass is 35.5. The molecule has 2 rings (SSSR count). The van der Waals surface area contributed by atoms with Gasteiger partial charge in [-0.3, -0.25) is 0 Å². The van der Waals surface area contributed by atoms with Crippen LogP contribution in [0.5, 0.6) is 0 Å². The summed E-state index contributed by atoms with van der Waals surface area (Å²) in [6.45, 7) is 1.98. The zero-order valence-corrected chi connectivity index (χ0v) is 8.47. The Morgan fingerprint density at radius 1 is 1.46 bits per heavy atom. The van der Waals surface area contributed by atoms with E-state index in [-0.39, 0.29) is 0 Å². The number of rotatable bonds is 1. The van der Waals surface area contributed by atoms with Crippen molar-refractivity contribution in [2.75, 3.05) is 0 Å². The molecular formula is C8H7Cl2N3. The molecule has 0 aliphatic carbocycles. The predicted octanol–water partition coefficient (Wildman–Crippen LogP) is 2.60. The molecule has 0 saturated carbocycles. The number of fused-ring (bicyclic) bond motifs is 1. The Hall–Kier alpha value is -0.800. The van der Waals surface area contributed by atoms with Gasteiger partial charge in [-0.05, 0) is 6.42 Å². The van der Waals surface area contributed by atoms with Gasteiger partial charge in [-0.1, -0.05) is 30.1 Å². The lowest BCUT2D eigenvalue weighted by atomic mass is 10.3. The molecule has 2 aromatic rings. The fraction of sp³-hybridized carbons (Fsp3) is 0.250. The van der Waals surface area contributed by atoms with Gasteiger partial charge < -0.3 is 0 Å². The van der Waals surface area contributed by atoms with Gasteiger partial charge in [0, 0.05) is 11.6 Å². The summed E-state index contributed by atoms with van der Waals surface area (Å²) in [7, 11) is 0. The maximum Gasteiger partial charge on any atom is 0.158 e. The summed E-state index contributed by atoms with van der Waals surface area (Å²) >= 11 is 12.0. The minimum Gasteiger partial charge on any atom is -0.216 e. The van der Waals surface area contributed by atoms with Crippen molar-refractivity contribution in [3.8, 4) is 0 Å². The Labute approximate surface area is 85.3 Å². The molecule has 0 radical (unpaired) electrons. The molecule has 0 fully saturated rings. The molecule has 0 saturated heterocycles. The standard InChI is InChI=1S/C8H7Cl2N3/c1-2-5-7(9)12-6-3-4-11-13(6)8(5)10/h3-4H,2H2,1H3. The normalized spacial score (nSPS) is 11.0. The van der Waals surface area contributed by atoms with Crippen LogP contribution < -0.4 is 0 Å². The van der Waals surface area contributed by atoms with Gasteiger partial charge in [0.1, 0.15) is 10.3 Å². The van der Waals surface area contributed by atoms with Gasteiger partial charge in [0.15, 0.2) is 5.65 Å². The third kappa shape index (κ3) is 1.28. The summed E-state index contributed by atoms with van der Waals surface area (Å²) in [6.07, 6.45) is 2.39. The molecule has 0 unspecified atom stereocenters. The Bertz CT molecular complexity index is 450. The second-order valence-electron chi connectivity index (χ2n) is 2.63. The van der Waals surface area contributed by atoms with Crippen molar-refractivity contribution in [2.45, 2.75) is 13.3 Å². The molecule has 2 aromatic heterocycles. The van der Waals surface area contributed by atoms with Crippen LogP contribution in [0.3, 0.4) is 0 Å². The summed E-state index contributed by atoms with van der Waals surface area (Å²) in [4.78, 5) is 4.15. The lowest BCUT2D eigenvalue weighted by Crippen LogP contribution is -1.98. The molecule has 0 atom stereocenters. The summed E-state index contributed by atoms with van der Waals surface area (Å²) in [5.41, 5.74) is 1.51. The molecule has 0 aliphatic rings. The summed E-state index contributed by atoms with van der Waals surface area (Å²) in [5, 5.41) is 5.03. The summed E-state index contributed by atoms with van der Waals surface area (Å²) in [5.74, 6) is 0. The van der Waals surface area contributed by atoms with Gasteiger partial charge in [-0.25, -0.2) is 9.50 Å². The number of halogens is 2. The second-order valence-corrected chi connectivity index (χ2v) is 3.34. The van der Waals surface area contributed by atoms with Gasteiger partial charge in [0.05, 0.1) is 6.20 Å². The van der Waals surface area contributed by atoms with E-state index in [1.807, 2.05) is 6.92 Å². The van der Waals surface area contributed by atoms with E-state index < -0.39 is 0 Å². The van der Waals surface area contributed by atoms with E-state index >= 15 is 0 Å². The topological polar surface area (TPSA) is 30.2 Å². The zero-order valence-electron chi connectivity index (χ0n) is 6.96. The quantitative estimate of drug-likeness (QED) is 0.685. The maximum absolute atomic E-state index is 6.06. The fourth-order valence-electron chi connectivity index (χ4n) is 1.21. The number of nitrogens with zero attached hydrogens (tertiary/aromatic N) is 3. The third-order valence-electron chi connectivity index (χ3n) is 1.87. The van der Waals surface area contributed by atoms with Crippen molar-refractivity contribution in [2.24, 2.45) is 0 Å². The van der Waals surface area contributed by atoms with Crippen LogP contribution in [0.25, 0.3) is 5.65 Å². The highest BCUT2D eigenvalue weighted by Crippen LogP contribution is 2.23. The van der Waals surface area contributed by atoms with Crippen LogP contribution in [0.15, 0.2) is 12.3 Å². The van der Waals surface area contributed by atoms with Crippen LogP contribution in [0, 0.1) is 0 Å². The lowest BCUT2D eigenvalue weighted by molar-refractivity contribution is 0.912. The van der Waals surface area contributed by atoms with Crippen molar-refractivity contribution in [3.05, 3.63) is 28.1 Å². The zero-order chi connectivity index (χ0) is 9.42. The van der Waals surface area contributed by atoms with E-state index in [2.05, 4.69) is 10.1 Å². The van der Waals surface area contributed by atoms with Crippen LogP contribution in [0.4, 0.5) is 0 Å². The lowest BCUT2D eigenvalue weighted by Gasteiger charge is -2.04. The van der Waals surface area contributed by atoms with Gasteiger partial charge in [0.2, 0.25) is 0 Å². The van der Waals surface area contributed by atoms with E-state index in [0.717, 1.165) is 12.0 Å². The first-order chi connectivity index (χ1) is 6.24. The maximum atomic E-state index is 6.06. The van der Waals surface area contributed by atoms with Crippen molar-refractivity contribution in [3.63, 3.8) is 0 Å². The van der Waals surface area contributed by atoms with Gasteiger partial charge in [0.25, 0.3) is 0 Å². The van der Waals surface area contributed by atoms with E-state index in [9.17, 15) is 0 Å². The molecule has 0 amide bonds. The minimum absolute atomic E-state index is 0.459. The number of aromatic nitrogens is 3. The average molecular weight is 216 g/mol.